The van der Waals surface area contributed by atoms with Crippen molar-refractivity contribution in [3.63, 3.8) is 0 Å². The molecule has 1 aromatic carbocycles. The van der Waals surface area contributed by atoms with Crippen LogP contribution in [-0.2, 0) is 11.2 Å². The van der Waals surface area contributed by atoms with Crippen LogP contribution < -0.4 is 11.1 Å². The van der Waals surface area contributed by atoms with Gasteiger partial charge >= 0.3 is 0 Å². The number of fused-ring (bicyclic) bond motifs is 1. The van der Waals surface area contributed by atoms with E-state index >= 15 is 0 Å². The lowest BCUT2D eigenvalue weighted by Gasteiger charge is -2.51. The summed E-state index contributed by atoms with van der Waals surface area (Å²) in [5.41, 5.74) is 10.6. The van der Waals surface area contributed by atoms with Gasteiger partial charge in [-0.1, -0.05) is 56.7 Å². The normalized spacial score (nSPS) is 35.5. The molecule has 0 radical (unpaired) electrons. The lowest BCUT2D eigenvalue weighted by atomic mass is 9.53. The Labute approximate surface area is 193 Å². The molecule has 4 nitrogen and oxygen atoms in total. The lowest BCUT2D eigenvalue weighted by molar-refractivity contribution is -0.119. The molecule has 1 aromatic rings. The Morgan fingerprint density at radius 3 is 2.75 bits per heavy atom. The summed E-state index contributed by atoms with van der Waals surface area (Å²) in [5, 5.41) is 3.45. The molecule has 5 atom stereocenters. The molecule has 1 aliphatic heterocycles. The van der Waals surface area contributed by atoms with Crippen LogP contribution >= 0.6 is 0 Å². The van der Waals surface area contributed by atoms with E-state index < -0.39 is 0 Å². The Kier molecular flexibility index (Phi) is 5.46. The van der Waals surface area contributed by atoms with Crippen LogP contribution in [0.4, 0.5) is 0 Å². The van der Waals surface area contributed by atoms with Crippen LogP contribution in [0.15, 0.2) is 46.5 Å². The van der Waals surface area contributed by atoms with E-state index in [2.05, 4.69) is 61.4 Å². The first-order valence-corrected chi connectivity index (χ1v) is 12.7. The van der Waals surface area contributed by atoms with Crippen molar-refractivity contribution < 1.29 is 4.79 Å². The first-order chi connectivity index (χ1) is 15.3. The first kappa shape index (κ1) is 21.7. The molecule has 0 amide bonds. The van der Waals surface area contributed by atoms with Crippen LogP contribution in [0.25, 0.3) is 0 Å². The fourth-order valence-electron chi connectivity index (χ4n) is 7.88. The molecule has 4 heteroatoms. The molecule has 2 bridgehead atoms. The van der Waals surface area contributed by atoms with Gasteiger partial charge in [-0.15, -0.1) is 0 Å². The predicted octanol–water partition coefficient (Wildman–Crippen LogP) is 5.03. The van der Waals surface area contributed by atoms with Crippen LogP contribution in [0, 0.1) is 28.6 Å². The molecule has 5 rings (SSSR count). The quantitative estimate of drug-likeness (QED) is 0.661. The summed E-state index contributed by atoms with van der Waals surface area (Å²) in [5.74, 6) is 2.83. The van der Waals surface area contributed by atoms with Gasteiger partial charge in [0.1, 0.15) is 0 Å². The van der Waals surface area contributed by atoms with Crippen LogP contribution in [0.2, 0.25) is 0 Å². The van der Waals surface area contributed by atoms with Gasteiger partial charge in [0.05, 0.1) is 0 Å². The molecule has 3 aliphatic carbocycles. The lowest BCUT2D eigenvalue weighted by Crippen LogP contribution is -2.49. The molecule has 4 aliphatic rings. The molecule has 0 unspecified atom stereocenters. The first-order valence-electron chi connectivity index (χ1n) is 12.7. The van der Waals surface area contributed by atoms with E-state index in [1.165, 1.54) is 24.0 Å². The third-order valence-electron chi connectivity index (χ3n) is 9.77. The number of nitrogens with two attached hydrogens (primary N) is 1. The number of ketones is 1. The maximum absolute atomic E-state index is 13.2. The zero-order valence-corrected chi connectivity index (χ0v) is 20.0. The van der Waals surface area contributed by atoms with Crippen molar-refractivity contribution in [2.75, 3.05) is 6.54 Å². The smallest absolute Gasteiger partial charge is 0.188 e. The van der Waals surface area contributed by atoms with Crippen molar-refractivity contribution in [1.29, 1.82) is 0 Å². The van der Waals surface area contributed by atoms with Crippen LogP contribution in [0.3, 0.4) is 0 Å². The number of carbonyl (C=O) groups is 1. The average molecular weight is 434 g/mol. The summed E-state index contributed by atoms with van der Waals surface area (Å²) in [6, 6.07) is 11.0. The number of nitrogens with zero attached hydrogens (tertiary/aromatic N) is 1. The third kappa shape index (κ3) is 3.33. The number of Topliss-reactive ketones (excluding diaryl/α,β-unsaturated/α-hetero) is 1. The number of guanidine groups is 1. The van der Waals surface area contributed by atoms with E-state index in [1.54, 1.807) is 5.57 Å². The van der Waals surface area contributed by atoms with Crippen molar-refractivity contribution in [3.8, 4) is 0 Å². The maximum Gasteiger partial charge on any atom is 0.188 e. The van der Waals surface area contributed by atoms with Crippen molar-refractivity contribution >= 4 is 11.7 Å². The minimum absolute atomic E-state index is 0.137. The van der Waals surface area contributed by atoms with Gasteiger partial charge in [0, 0.05) is 30.3 Å². The molecule has 2 fully saturated rings. The van der Waals surface area contributed by atoms with Gasteiger partial charge in [-0.2, -0.15) is 0 Å². The summed E-state index contributed by atoms with van der Waals surface area (Å²) in [6.45, 7) is 8.07. The van der Waals surface area contributed by atoms with Gasteiger partial charge in [0.25, 0.3) is 0 Å². The highest BCUT2D eigenvalue weighted by atomic mass is 16.1. The summed E-state index contributed by atoms with van der Waals surface area (Å²) in [4.78, 5) is 17.7. The Morgan fingerprint density at radius 2 is 1.97 bits per heavy atom. The fourth-order valence-corrected chi connectivity index (χ4v) is 7.88. The third-order valence-corrected chi connectivity index (χ3v) is 9.77. The van der Waals surface area contributed by atoms with E-state index in [1.807, 2.05) is 0 Å². The molecule has 172 valence electrons. The van der Waals surface area contributed by atoms with Gasteiger partial charge in [0.15, 0.2) is 11.7 Å². The monoisotopic (exact) mass is 433 g/mol. The SMILES string of the molecule is C[C@@H]1CC[C@@H]2CC3=C(CCC[C@@H]4NC(N)=NC[C@H]4Cc4ccccc4)C(=O)C[C@@]31C2(C)C. The van der Waals surface area contributed by atoms with E-state index in [0.29, 0.717) is 29.6 Å². The highest BCUT2D eigenvalue weighted by molar-refractivity contribution is 6.00. The number of rotatable bonds is 6. The minimum Gasteiger partial charge on any atom is -0.370 e. The number of hydrogen-bond acceptors (Lipinski definition) is 4. The number of nitrogens with one attached hydrogen (secondary N) is 1. The average Bonchev–Trinajstić information content (AvgIpc) is 3.09. The van der Waals surface area contributed by atoms with Crippen molar-refractivity contribution in [2.45, 2.75) is 78.2 Å². The van der Waals surface area contributed by atoms with Gasteiger partial charge in [-0.3, -0.25) is 9.79 Å². The Hall–Kier alpha value is -2.10. The zero-order valence-electron chi connectivity index (χ0n) is 20.0. The molecule has 32 heavy (non-hydrogen) atoms. The van der Waals surface area contributed by atoms with E-state index in [0.717, 1.165) is 51.0 Å². The van der Waals surface area contributed by atoms with E-state index in [9.17, 15) is 4.79 Å². The molecule has 1 spiro atoms. The van der Waals surface area contributed by atoms with Gasteiger partial charge < -0.3 is 11.1 Å². The fraction of sp³-hybridized carbons (Fsp3) is 0.643. The highest BCUT2D eigenvalue weighted by Gasteiger charge is 2.65. The highest BCUT2D eigenvalue weighted by Crippen LogP contribution is 2.72. The number of hydrogen-bond donors (Lipinski definition) is 2. The molecule has 3 N–H and O–H groups in total. The topological polar surface area (TPSA) is 67.5 Å². The Balaban J connectivity index is 1.30. The summed E-state index contributed by atoms with van der Waals surface area (Å²) in [6.07, 6.45) is 8.55. The van der Waals surface area contributed by atoms with Gasteiger partial charge in [0.2, 0.25) is 0 Å². The second kappa shape index (κ2) is 8.04. The van der Waals surface area contributed by atoms with Gasteiger partial charge in [-0.25, -0.2) is 0 Å². The van der Waals surface area contributed by atoms with Crippen molar-refractivity contribution in [2.24, 2.45) is 39.3 Å². The minimum atomic E-state index is 0.137. The molecule has 0 saturated heterocycles. The van der Waals surface area contributed by atoms with Gasteiger partial charge in [-0.05, 0) is 73.3 Å². The molecule has 1 heterocycles. The number of aliphatic imine (C=N–C) groups is 1. The Morgan fingerprint density at radius 1 is 1.19 bits per heavy atom. The number of allylic oxidation sites excluding steroid dienone is 2. The van der Waals surface area contributed by atoms with Crippen LogP contribution in [-0.4, -0.2) is 24.3 Å². The summed E-state index contributed by atoms with van der Waals surface area (Å²) in [7, 11) is 0. The second-order valence-corrected chi connectivity index (χ2v) is 11.4. The molecular formula is C28H39N3O. The second-order valence-electron chi connectivity index (χ2n) is 11.4. The molecule has 2 saturated carbocycles. The van der Waals surface area contributed by atoms with Crippen LogP contribution in [0.5, 0.6) is 0 Å². The van der Waals surface area contributed by atoms with Crippen molar-refractivity contribution in [1.82, 2.24) is 5.32 Å². The summed E-state index contributed by atoms with van der Waals surface area (Å²) >= 11 is 0. The van der Waals surface area contributed by atoms with Crippen LogP contribution in [0.1, 0.15) is 71.3 Å². The largest absolute Gasteiger partial charge is 0.370 e. The van der Waals surface area contributed by atoms with E-state index in [-0.39, 0.29) is 10.8 Å². The number of carbonyl (C=O) groups excluding carboxylic acids is 1. The molecule has 0 aromatic heterocycles. The predicted molar refractivity (Wildman–Crippen MR) is 130 cm³/mol. The maximum atomic E-state index is 13.2. The van der Waals surface area contributed by atoms with Crippen molar-refractivity contribution in [3.05, 3.63) is 47.0 Å². The summed E-state index contributed by atoms with van der Waals surface area (Å²) < 4.78 is 0. The van der Waals surface area contributed by atoms with E-state index in [4.69, 9.17) is 5.73 Å². The standard InChI is InChI=1S/C28H39N3O/c1-18-12-13-21-15-23-22(25(32)16-28(18,23)27(21,2)3)10-7-11-24-20(17-30-26(29)31-24)14-19-8-5-4-6-9-19/h4-6,8-9,18,20-21,24H,7,10-17H2,1-3H3,(H3,29,30,31)/t18-,20-,21-,24+,28+/m1/s1. The Bertz CT molecular complexity index is 947. The zero-order chi connectivity index (χ0) is 22.5. The molecular weight excluding hydrogens is 394 g/mol. The number of benzene rings is 1.